The van der Waals surface area contributed by atoms with Gasteiger partial charge in [0.25, 0.3) is 0 Å². The van der Waals surface area contributed by atoms with Crippen molar-refractivity contribution in [2.45, 2.75) is 6.92 Å². The number of hydrogen-bond donors (Lipinski definition) is 0. The maximum Gasteiger partial charge on any atom is 0.226 e. The Morgan fingerprint density at radius 3 is 2.69 bits per heavy atom. The molecule has 0 aliphatic carbocycles. The highest BCUT2D eigenvalue weighted by Crippen LogP contribution is 2.24. The molecule has 0 spiro atoms. The highest BCUT2D eigenvalue weighted by atomic mass is 35.5. The summed E-state index contributed by atoms with van der Waals surface area (Å²) < 4.78 is 4.79. The van der Waals surface area contributed by atoms with E-state index in [4.69, 9.17) is 16.1 Å². The predicted molar refractivity (Wildman–Crippen MR) is 51.7 cm³/mol. The molecule has 0 saturated carbocycles. The molecule has 2 nitrogen and oxygen atoms in total. The Morgan fingerprint density at radius 1 is 1.31 bits per heavy atom. The summed E-state index contributed by atoms with van der Waals surface area (Å²) >= 11 is 5.63. The molecule has 3 heteroatoms. The fourth-order valence-corrected chi connectivity index (χ4v) is 1.38. The highest BCUT2D eigenvalue weighted by Gasteiger charge is 2.05. The molecule has 1 aromatic carbocycles. The van der Waals surface area contributed by atoms with Crippen molar-refractivity contribution < 1.29 is 4.52 Å². The van der Waals surface area contributed by atoms with Crippen molar-refractivity contribution in [3.8, 4) is 11.3 Å². The van der Waals surface area contributed by atoms with E-state index in [-0.39, 0.29) is 0 Å². The zero-order valence-electron chi connectivity index (χ0n) is 7.12. The molecule has 0 bridgehead atoms. The predicted octanol–water partition coefficient (Wildman–Crippen LogP) is 3.30. The van der Waals surface area contributed by atoms with E-state index in [0.717, 1.165) is 16.8 Å². The van der Waals surface area contributed by atoms with Crippen molar-refractivity contribution in [1.82, 2.24) is 5.16 Å². The van der Waals surface area contributed by atoms with Gasteiger partial charge in [-0.15, -0.1) is 0 Å². The molecule has 0 aliphatic rings. The minimum atomic E-state index is 0.318. The van der Waals surface area contributed by atoms with Crippen LogP contribution in [0.5, 0.6) is 0 Å². The van der Waals surface area contributed by atoms with Gasteiger partial charge in [-0.1, -0.05) is 29.4 Å². The molecular formula is C10H8ClNO. The van der Waals surface area contributed by atoms with E-state index in [1.807, 2.05) is 31.2 Å². The molecule has 0 saturated heterocycles. The summed E-state index contributed by atoms with van der Waals surface area (Å²) in [7, 11) is 0. The first-order valence-electron chi connectivity index (χ1n) is 3.95. The van der Waals surface area contributed by atoms with E-state index in [1.165, 1.54) is 0 Å². The van der Waals surface area contributed by atoms with Crippen LogP contribution in [0.1, 0.15) is 5.56 Å². The number of nitrogens with zero attached hydrogens (tertiary/aromatic N) is 1. The van der Waals surface area contributed by atoms with Crippen molar-refractivity contribution in [3.63, 3.8) is 0 Å². The zero-order chi connectivity index (χ0) is 9.26. The molecule has 0 amide bonds. The average Bonchev–Trinajstić information content (AvgIpc) is 2.53. The first-order valence-corrected chi connectivity index (χ1v) is 4.33. The molecule has 1 aromatic heterocycles. The van der Waals surface area contributed by atoms with E-state index >= 15 is 0 Å². The number of rotatable bonds is 1. The van der Waals surface area contributed by atoms with E-state index in [1.54, 1.807) is 6.07 Å². The summed E-state index contributed by atoms with van der Waals surface area (Å²) in [5.74, 6) is 0. The fraction of sp³-hybridized carbons (Fsp3) is 0.100. The molecule has 1 heterocycles. The SMILES string of the molecule is Cc1ccccc1-c1cc(Cl)on1. The van der Waals surface area contributed by atoms with Crippen LogP contribution < -0.4 is 0 Å². The topological polar surface area (TPSA) is 26.0 Å². The van der Waals surface area contributed by atoms with Gasteiger partial charge in [-0.05, 0) is 24.1 Å². The number of benzene rings is 1. The molecule has 2 rings (SSSR count). The maximum atomic E-state index is 5.63. The van der Waals surface area contributed by atoms with E-state index in [2.05, 4.69) is 5.16 Å². The summed E-state index contributed by atoms with van der Waals surface area (Å²) in [5.41, 5.74) is 2.99. The van der Waals surface area contributed by atoms with E-state index < -0.39 is 0 Å². The molecule has 0 atom stereocenters. The molecule has 66 valence electrons. The zero-order valence-corrected chi connectivity index (χ0v) is 7.88. The summed E-state index contributed by atoms with van der Waals surface area (Å²) in [4.78, 5) is 0. The van der Waals surface area contributed by atoms with Crippen LogP contribution >= 0.6 is 11.6 Å². The van der Waals surface area contributed by atoms with Crippen LogP contribution in [0.15, 0.2) is 34.9 Å². The van der Waals surface area contributed by atoms with Gasteiger partial charge in [0.2, 0.25) is 5.22 Å². The number of halogens is 1. The smallest absolute Gasteiger partial charge is 0.226 e. The number of hydrogen-bond acceptors (Lipinski definition) is 2. The van der Waals surface area contributed by atoms with Crippen LogP contribution in [0, 0.1) is 6.92 Å². The van der Waals surface area contributed by atoms with Crippen molar-refractivity contribution in [2.75, 3.05) is 0 Å². The Balaban J connectivity index is 2.52. The van der Waals surface area contributed by atoms with Crippen LogP contribution in [-0.4, -0.2) is 5.16 Å². The Labute approximate surface area is 81.1 Å². The number of aromatic nitrogens is 1. The number of aryl methyl sites for hydroxylation is 1. The standard InChI is InChI=1S/C10H8ClNO/c1-7-4-2-3-5-8(7)9-6-10(11)13-12-9/h2-6H,1H3. The lowest BCUT2D eigenvalue weighted by molar-refractivity contribution is 0.424. The third-order valence-corrected chi connectivity index (χ3v) is 2.08. The van der Waals surface area contributed by atoms with Crippen LogP contribution in [0.2, 0.25) is 5.22 Å². The largest absolute Gasteiger partial charge is 0.344 e. The summed E-state index contributed by atoms with van der Waals surface area (Å²) in [6.07, 6.45) is 0. The second-order valence-corrected chi connectivity index (χ2v) is 3.20. The first kappa shape index (κ1) is 8.32. The third kappa shape index (κ3) is 1.58. The molecule has 0 radical (unpaired) electrons. The Kier molecular flexibility index (Phi) is 2.07. The second kappa shape index (κ2) is 3.23. The first-order chi connectivity index (χ1) is 6.27. The monoisotopic (exact) mass is 193 g/mol. The van der Waals surface area contributed by atoms with Gasteiger partial charge in [-0.2, -0.15) is 0 Å². The lowest BCUT2D eigenvalue weighted by Crippen LogP contribution is -1.80. The lowest BCUT2D eigenvalue weighted by atomic mass is 10.1. The minimum Gasteiger partial charge on any atom is -0.344 e. The molecule has 2 aromatic rings. The van der Waals surface area contributed by atoms with Crippen molar-refractivity contribution >= 4 is 11.6 Å². The van der Waals surface area contributed by atoms with Crippen LogP contribution in [0.3, 0.4) is 0 Å². The van der Waals surface area contributed by atoms with Crippen LogP contribution in [0.25, 0.3) is 11.3 Å². The quantitative estimate of drug-likeness (QED) is 0.695. The second-order valence-electron chi connectivity index (χ2n) is 2.83. The third-order valence-electron chi connectivity index (χ3n) is 1.90. The molecular weight excluding hydrogens is 186 g/mol. The van der Waals surface area contributed by atoms with Gasteiger partial charge < -0.3 is 4.52 Å². The van der Waals surface area contributed by atoms with E-state index in [9.17, 15) is 0 Å². The van der Waals surface area contributed by atoms with Crippen molar-refractivity contribution in [2.24, 2.45) is 0 Å². The Hall–Kier alpha value is -1.28. The van der Waals surface area contributed by atoms with Gasteiger partial charge >= 0.3 is 0 Å². The minimum absolute atomic E-state index is 0.318. The summed E-state index contributed by atoms with van der Waals surface area (Å²) in [6.45, 7) is 2.03. The molecule has 0 unspecified atom stereocenters. The molecule has 0 fully saturated rings. The summed E-state index contributed by atoms with van der Waals surface area (Å²) in [5, 5.41) is 4.16. The average molecular weight is 194 g/mol. The summed E-state index contributed by atoms with van der Waals surface area (Å²) in [6, 6.07) is 9.68. The van der Waals surface area contributed by atoms with Crippen molar-refractivity contribution in [1.29, 1.82) is 0 Å². The maximum absolute atomic E-state index is 5.63. The van der Waals surface area contributed by atoms with Gasteiger partial charge in [0.05, 0.1) is 0 Å². The Morgan fingerprint density at radius 2 is 2.08 bits per heavy atom. The highest BCUT2D eigenvalue weighted by molar-refractivity contribution is 6.29. The van der Waals surface area contributed by atoms with E-state index in [0.29, 0.717) is 5.22 Å². The molecule has 0 aliphatic heterocycles. The van der Waals surface area contributed by atoms with Gasteiger partial charge in [0.15, 0.2) is 0 Å². The molecule has 13 heavy (non-hydrogen) atoms. The Bertz CT molecular complexity index is 422. The fourth-order valence-electron chi connectivity index (χ4n) is 1.24. The van der Waals surface area contributed by atoms with Gasteiger partial charge in [-0.25, -0.2) is 0 Å². The lowest BCUT2D eigenvalue weighted by Gasteiger charge is -1.98. The van der Waals surface area contributed by atoms with Gasteiger partial charge in [0.1, 0.15) is 5.69 Å². The van der Waals surface area contributed by atoms with Crippen LogP contribution in [0.4, 0.5) is 0 Å². The van der Waals surface area contributed by atoms with Gasteiger partial charge in [-0.3, -0.25) is 0 Å². The normalized spacial score (nSPS) is 10.3. The van der Waals surface area contributed by atoms with Gasteiger partial charge in [0, 0.05) is 11.6 Å². The van der Waals surface area contributed by atoms with Crippen LogP contribution in [-0.2, 0) is 0 Å². The molecule has 0 N–H and O–H groups in total. The van der Waals surface area contributed by atoms with Crippen molar-refractivity contribution in [3.05, 3.63) is 41.1 Å².